The van der Waals surface area contributed by atoms with Gasteiger partial charge < -0.3 is 4.74 Å². The third-order valence-corrected chi connectivity index (χ3v) is 4.71. The highest BCUT2D eigenvalue weighted by Gasteiger charge is 2.17. The Bertz CT molecular complexity index is 742. The van der Waals surface area contributed by atoms with Crippen molar-refractivity contribution in [1.29, 1.82) is 0 Å². The van der Waals surface area contributed by atoms with Gasteiger partial charge in [0.2, 0.25) is 0 Å². The van der Waals surface area contributed by atoms with Gasteiger partial charge in [-0.15, -0.1) is 0 Å². The summed E-state index contributed by atoms with van der Waals surface area (Å²) in [6, 6.07) is 11.3. The van der Waals surface area contributed by atoms with Crippen LogP contribution in [0.25, 0.3) is 0 Å². The van der Waals surface area contributed by atoms with Gasteiger partial charge in [-0.1, -0.05) is 11.6 Å². The average Bonchev–Trinajstić information content (AvgIpc) is 2.86. The molecule has 0 atom stereocenters. The number of benzene rings is 2. The summed E-state index contributed by atoms with van der Waals surface area (Å²) in [6.07, 6.45) is 0.797. The van der Waals surface area contributed by atoms with Crippen LogP contribution in [0.4, 0.5) is 5.69 Å². The van der Waals surface area contributed by atoms with E-state index in [-0.39, 0.29) is 4.90 Å². The van der Waals surface area contributed by atoms with Crippen LogP contribution in [0.1, 0.15) is 5.56 Å². The Labute approximate surface area is 122 Å². The van der Waals surface area contributed by atoms with Gasteiger partial charge >= 0.3 is 0 Å². The molecule has 0 spiro atoms. The molecule has 0 radical (unpaired) electrons. The van der Waals surface area contributed by atoms with Gasteiger partial charge in [-0.25, -0.2) is 8.42 Å². The monoisotopic (exact) mass is 309 g/mol. The summed E-state index contributed by atoms with van der Waals surface area (Å²) in [7, 11) is -3.60. The predicted molar refractivity (Wildman–Crippen MR) is 77.9 cm³/mol. The standard InChI is InChI=1S/C14H12ClNO3S/c15-11-1-4-13(5-2-11)20(17,18)16-12-3-6-14-10(9-12)7-8-19-14/h1-6,9,16H,7-8H2. The summed E-state index contributed by atoms with van der Waals surface area (Å²) in [6.45, 7) is 0.642. The van der Waals surface area contributed by atoms with E-state index in [1.807, 2.05) is 0 Å². The Hall–Kier alpha value is -1.72. The number of hydrogen-bond acceptors (Lipinski definition) is 3. The van der Waals surface area contributed by atoms with Gasteiger partial charge in [0.15, 0.2) is 0 Å². The van der Waals surface area contributed by atoms with E-state index in [2.05, 4.69) is 4.72 Å². The molecule has 6 heteroatoms. The van der Waals surface area contributed by atoms with Crippen molar-refractivity contribution in [1.82, 2.24) is 0 Å². The van der Waals surface area contributed by atoms with Crippen molar-refractivity contribution in [2.45, 2.75) is 11.3 Å². The van der Waals surface area contributed by atoms with Crippen LogP contribution in [-0.2, 0) is 16.4 Å². The number of anilines is 1. The third-order valence-electron chi connectivity index (χ3n) is 3.07. The van der Waals surface area contributed by atoms with Crippen molar-refractivity contribution >= 4 is 27.3 Å². The lowest BCUT2D eigenvalue weighted by Gasteiger charge is -2.09. The molecule has 0 aliphatic carbocycles. The van der Waals surface area contributed by atoms with Gasteiger partial charge in [0.1, 0.15) is 5.75 Å². The first kappa shape index (κ1) is 13.3. The molecule has 0 saturated carbocycles. The highest BCUT2D eigenvalue weighted by atomic mass is 35.5. The fourth-order valence-corrected chi connectivity index (χ4v) is 3.25. The van der Waals surface area contributed by atoms with Crippen molar-refractivity contribution in [3.63, 3.8) is 0 Å². The smallest absolute Gasteiger partial charge is 0.261 e. The van der Waals surface area contributed by atoms with Gasteiger partial charge in [-0.3, -0.25) is 4.72 Å². The molecule has 0 aromatic heterocycles. The molecule has 1 aliphatic heterocycles. The quantitative estimate of drug-likeness (QED) is 0.948. The maximum atomic E-state index is 12.2. The van der Waals surface area contributed by atoms with E-state index < -0.39 is 10.0 Å². The average molecular weight is 310 g/mol. The minimum Gasteiger partial charge on any atom is -0.493 e. The first-order valence-corrected chi connectivity index (χ1v) is 7.95. The number of fused-ring (bicyclic) bond motifs is 1. The molecule has 0 amide bonds. The Balaban J connectivity index is 1.88. The molecule has 1 aliphatic rings. The Kier molecular flexibility index (Phi) is 3.31. The molecular weight excluding hydrogens is 298 g/mol. The number of nitrogens with one attached hydrogen (secondary N) is 1. The maximum Gasteiger partial charge on any atom is 0.261 e. The summed E-state index contributed by atoms with van der Waals surface area (Å²) >= 11 is 5.76. The molecule has 3 rings (SSSR count). The zero-order valence-electron chi connectivity index (χ0n) is 10.5. The van der Waals surface area contributed by atoms with Crippen LogP contribution in [0, 0.1) is 0 Å². The first-order chi connectivity index (χ1) is 9.54. The summed E-state index contributed by atoms with van der Waals surface area (Å²) in [5.41, 5.74) is 1.55. The van der Waals surface area contributed by atoms with Gasteiger partial charge in [0.25, 0.3) is 10.0 Å². The van der Waals surface area contributed by atoms with Gasteiger partial charge in [0, 0.05) is 17.1 Å². The van der Waals surface area contributed by atoms with E-state index in [0.29, 0.717) is 17.3 Å². The van der Waals surface area contributed by atoms with Crippen LogP contribution >= 0.6 is 11.6 Å². The van der Waals surface area contributed by atoms with E-state index in [0.717, 1.165) is 17.7 Å². The van der Waals surface area contributed by atoms with Crippen molar-refractivity contribution in [2.75, 3.05) is 11.3 Å². The zero-order valence-corrected chi connectivity index (χ0v) is 12.0. The number of sulfonamides is 1. The minimum atomic E-state index is -3.60. The fourth-order valence-electron chi connectivity index (χ4n) is 2.08. The van der Waals surface area contributed by atoms with E-state index in [1.165, 1.54) is 12.1 Å². The molecule has 1 heterocycles. The topological polar surface area (TPSA) is 55.4 Å². The van der Waals surface area contributed by atoms with E-state index in [4.69, 9.17) is 16.3 Å². The molecule has 0 unspecified atom stereocenters. The predicted octanol–water partition coefficient (Wildman–Crippen LogP) is 3.08. The Morgan fingerprint density at radius 1 is 1.10 bits per heavy atom. The SMILES string of the molecule is O=S(=O)(Nc1ccc2c(c1)CCO2)c1ccc(Cl)cc1. The van der Waals surface area contributed by atoms with Crippen molar-refractivity contribution < 1.29 is 13.2 Å². The number of ether oxygens (including phenoxy) is 1. The van der Waals surface area contributed by atoms with Crippen molar-refractivity contribution in [3.8, 4) is 5.75 Å². The molecule has 0 fully saturated rings. The molecule has 4 nitrogen and oxygen atoms in total. The molecule has 2 aromatic rings. The van der Waals surface area contributed by atoms with Gasteiger partial charge in [-0.05, 0) is 48.0 Å². The number of halogens is 1. The number of hydrogen-bond donors (Lipinski definition) is 1. The van der Waals surface area contributed by atoms with Crippen LogP contribution in [0.2, 0.25) is 5.02 Å². The van der Waals surface area contributed by atoms with Crippen LogP contribution < -0.4 is 9.46 Å². The lowest BCUT2D eigenvalue weighted by Crippen LogP contribution is -2.12. The lowest BCUT2D eigenvalue weighted by atomic mass is 10.1. The first-order valence-electron chi connectivity index (χ1n) is 6.09. The second-order valence-corrected chi connectivity index (χ2v) is 6.60. The van der Waals surface area contributed by atoms with E-state index in [9.17, 15) is 8.42 Å². The highest BCUT2D eigenvalue weighted by Crippen LogP contribution is 2.29. The van der Waals surface area contributed by atoms with Gasteiger partial charge in [0.05, 0.1) is 11.5 Å². The molecule has 0 bridgehead atoms. The summed E-state index contributed by atoms with van der Waals surface area (Å²) in [5.74, 6) is 0.819. The third kappa shape index (κ3) is 2.59. The van der Waals surface area contributed by atoms with Crippen LogP contribution in [0.3, 0.4) is 0 Å². The number of rotatable bonds is 3. The lowest BCUT2D eigenvalue weighted by molar-refractivity contribution is 0.357. The zero-order chi connectivity index (χ0) is 14.2. The molecule has 20 heavy (non-hydrogen) atoms. The summed E-state index contributed by atoms with van der Waals surface area (Å²) in [4.78, 5) is 0.179. The molecule has 2 aromatic carbocycles. The minimum absolute atomic E-state index is 0.179. The molecular formula is C14H12ClNO3S. The Morgan fingerprint density at radius 2 is 1.85 bits per heavy atom. The highest BCUT2D eigenvalue weighted by molar-refractivity contribution is 7.92. The fraction of sp³-hybridized carbons (Fsp3) is 0.143. The van der Waals surface area contributed by atoms with Crippen molar-refractivity contribution in [3.05, 3.63) is 53.1 Å². The van der Waals surface area contributed by atoms with E-state index >= 15 is 0 Å². The van der Waals surface area contributed by atoms with Gasteiger partial charge in [-0.2, -0.15) is 0 Å². The largest absolute Gasteiger partial charge is 0.493 e. The van der Waals surface area contributed by atoms with Crippen LogP contribution in [-0.4, -0.2) is 15.0 Å². The summed E-state index contributed by atoms with van der Waals surface area (Å²) < 4.78 is 32.4. The normalized spacial score (nSPS) is 13.7. The maximum absolute atomic E-state index is 12.2. The second-order valence-electron chi connectivity index (χ2n) is 4.48. The Morgan fingerprint density at radius 3 is 2.60 bits per heavy atom. The summed E-state index contributed by atoms with van der Waals surface area (Å²) in [5, 5.41) is 0.499. The van der Waals surface area contributed by atoms with Crippen LogP contribution in [0.15, 0.2) is 47.4 Å². The molecule has 0 saturated heterocycles. The second kappa shape index (κ2) is 5.00. The molecule has 104 valence electrons. The molecule has 1 N–H and O–H groups in total. The van der Waals surface area contributed by atoms with Crippen molar-refractivity contribution in [2.24, 2.45) is 0 Å². The van der Waals surface area contributed by atoms with E-state index in [1.54, 1.807) is 30.3 Å². The van der Waals surface area contributed by atoms with Crippen LogP contribution in [0.5, 0.6) is 5.75 Å².